The topological polar surface area (TPSA) is 126 Å². The predicted molar refractivity (Wildman–Crippen MR) is 185 cm³/mol. The number of esters is 1. The molecule has 2 aromatic carbocycles. The number of hydrogen-bond acceptors (Lipinski definition) is 9. The fraction of sp³-hybridized carbons (Fsp3) is 0.571. The van der Waals surface area contributed by atoms with Crippen molar-refractivity contribution in [1.82, 2.24) is 20.7 Å². The van der Waals surface area contributed by atoms with Crippen LogP contribution in [0.25, 0.3) is 0 Å². The van der Waals surface area contributed by atoms with Gasteiger partial charge in [0.05, 0.1) is 13.1 Å². The molecule has 11 heteroatoms. The lowest BCUT2D eigenvalue weighted by molar-refractivity contribution is -0.152. The van der Waals surface area contributed by atoms with Gasteiger partial charge < -0.3 is 15.2 Å². The van der Waals surface area contributed by atoms with E-state index in [2.05, 4.69) is 57.0 Å². The van der Waals surface area contributed by atoms with Crippen LogP contribution in [0.5, 0.6) is 0 Å². The number of benzene rings is 2. The quantitative estimate of drug-likeness (QED) is 0.270. The molecule has 0 aromatic heterocycles. The summed E-state index contributed by atoms with van der Waals surface area (Å²) in [5.74, 6) is 0.0229. The second-order valence-electron chi connectivity index (χ2n) is 13.5. The first kappa shape index (κ1) is 41.0. The lowest BCUT2D eigenvalue weighted by Crippen LogP contribution is -2.52. The van der Waals surface area contributed by atoms with Gasteiger partial charge in [0.15, 0.2) is 0 Å². The molecular weight excluding hydrogens is 606 g/mol. The number of carbonyl (C=O) groups is 3. The molecule has 0 bridgehead atoms. The minimum Gasteiger partial charge on any atom is -0.459 e. The Hall–Kier alpha value is -3.02. The maximum atomic E-state index is 11.7. The Morgan fingerprint density at radius 1 is 0.826 bits per heavy atom. The van der Waals surface area contributed by atoms with Gasteiger partial charge in [-0.25, -0.2) is 10.2 Å². The molecule has 2 fully saturated rings. The molecule has 4 N–H and O–H groups in total. The highest BCUT2D eigenvalue weighted by molar-refractivity contribution is 5.85. The number of ketones is 1. The lowest BCUT2D eigenvalue weighted by atomic mass is 10.1. The van der Waals surface area contributed by atoms with Crippen LogP contribution in [-0.2, 0) is 32.2 Å². The average Bonchev–Trinajstić information content (AvgIpc) is 2.96. The number of rotatable bonds is 7. The maximum Gasteiger partial charge on any atom is 0.422 e. The fourth-order valence-corrected chi connectivity index (χ4v) is 4.89. The molecule has 2 saturated heterocycles. The summed E-state index contributed by atoms with van der Waals surface area (Å²) in [7, 11) is 0. The van der Waals surface area contributed by atoms with Gasteiger partial charge in [0.1, 0.15) is 17.0 Å². The zero-order chi connectivity index (χ0) is 33.3. The second kappa shape index (κ2) is 21.0. The molecule has 0 radical (unpaired) electrons. The van der Waals surface area contributed by atoms with Crippen molar-refractivity contribution in [3.63, 3.8) is 0 Å². The van der Waals surface area contributed by atoms with Crippen molar-refractivity contribution in [1.29, 1.82) is 0 Å². The molecule has 2 aliphatic heterocycles. The third-order valence-corrected chi connectivity index (χ3v) is 6.70. The van der Waals surface area contributed by atoms with E-state index < -0.39 is 17.3 Å². The van der Waals surface area contributed by atoms with Gasteiger partial charge in [0.2, 0.25) is 0 Å². The van der Waals surface area contributed by atoms with E-state index in [1.807, 2.05) is 45.0 Å². The van der Waals surface area contributed by atoms with Gasteiger partial charge in [0, 0.05) is 32.1 Å². The van der Waals surface area contributed by atoms with Crippen molar-refractivity contribution in [2.45, 2.75) is 97.6 Å². The number of ether oxygens (including phenoxy) is 2. The van der Waals surface area contributed by atoms with Crippen LogP contribution >= 0.6 is 12.4 Å². The SMILES string of the molecule is CC(C)(C)OC(=O)CN.CC(C)(C)OC(=O)NNC1CCCN(Cc2ccccc2)C1.Cl.O=C1CCCN(Cc2ccccc2)C1. The zero-order valence-electron chi connectivity index (χ0n) is 28.6. The second-order valence-corrected chi connectivity index (χ2v) is 13.5. The number of Topliss-reactive ketones (excluding diaryl/α,β-unsaturated/α-hetero) is 1. The van der Waals surface area contributed by atoms with E-state index in [0.29, 0.717) is 12.3 Å². The fourth-order valence-electron chi connectivity index (χ4n) is 4.89. The van der Waals surface area contributed by atoms with Crippen LogP contribution in [0.15, 0.2) is 60.7 Å². The van der Waals surface area contributed by atoms with Crippen molar-refractivity contribution >= 4 is 30.3 Å². The monoisotopic (exact) mass is 661 g/mol. The molecule has 4 rings (SSSR count). The standard InChI is InChI=1S/C17H27N3O2.C12H15NO.C6H13NO2.ClH/c1-17(2,3)22-16(21)19-18-15-10-7-11-20(13-15)12-14-8-5-4-6-9-14;14-12-7-4-8-13(10-12)9-11-5-2-1-3-6-11;1-6(2,3)9-5(8)4-7;/h4-6,8-9,15,18H,7,10-13H2,1-3H3,(H,19,21);1-3,5-6H,4,7-10H2;4,7H2,1-3H3;1H. The number of nitrogens with zero attached hydrogens (tertiary/aromatic N) is 2. The zero-order valence-corrected chi connectivity index (χ0v) is 29.4. The number of hydrazine groups is 1. The lowest BCUT2D eigenvalue weighted by Gasteiger charge is -2.33. The van der Waals surface area contributed by atoms with E-state index in [-0.39, 0.29) is 31.0 Å². The van der Waals surface area contributed by atoms with E-state index in [4.69, 9.17) is 15.2 Å². The number of piperidine rings is 2. The molecule has 2 aromatic rings. The number of halogens is 1. The summed E-state index contributed by atoms with van der Waals surface area (Å²) in [5, 5.41) is 0. The molecule has 2 aliphatic rings. The van der Waals surface area contributed by atoms with Crippen molar-refractivity contribution in [2.24, 2.45) is 5.73 Å². The highest BCUT2D eigenvalue weighted by atomic mass is 35.5. The van der Waals surface area contributed by atoms with Crippen LogP contribution < -0.4 is 16.6 Å². The number of nitrogens with two attached hydrogens (primary N) is 1. The largest absolute Gasteiger partial charge is 0.459 e. The van der Waals surface area contributed by atoms with Gasteiger partial charge >= 0.3 is 12.1 Å². The van der Waals surface area contributed by atoms with E-state index in [9.17, 15) is 14.4 Å². The molecule has 0 spiro atoms. The summed E-state index contributed by atoms with van der Waals surface area (Å²) < 4.78 is 10.0. The van der Waals surface area contributed by atoms with E-state index in [1.54, 1.807) is 20.8 Å². The number of amides is 1. The molecule has 258 valence electrons. The van der Waals surface area contributed by atoms with Crippen LogP contribution in [0.4, 0.5) is 4.79 Å². The summed E-state index contributed by atoms with van der Waals surface area (Å²) in [6.07, 6.45) is 3.55. The van der Waals surface area contributed by atoms with Crippen molar-refractivity contribution in [3.05, 3.63) is 71.8 Å². The summed E-state index contributed by atoms with van der Waals surface area (Å²) in [6.45, 7) is 16.5. The third kappa shape index (κ3) is 19.5. The highest BCUT2D eigenvalue weighted by Crippen LogP contribution is 2.14. The highest BCUT2D eigenvalue weighted by Gasteiger charge is 2.22. The smallest absolute Gasteiger partial charge is 0.422 e. The molecule has 0 saturated carbocycles. The van der Waals surface area contributed by atoms with Gasteiger partial charge in [-0.2, -0.15) is 0 Å². The predicted octanol–water partition coefficient (Wildman–Crippen LogP) is 5.24. The van der Waals surface area contributed by atoms with Crippen molar-refractivity contribution in [3.8, 4) is 0 Å². The average molecular weight is 662 g/mol. The van der Waals surface area contributed by atoms with Crippen molar-refractivity contribution < 1.29 is 23.9 Å². The van der Waals surface area contributed by atoms with Crippen LogP contribution in [0.3, 0.4) is 0 Å². The van der Waals surface area contributed by atoms with Gasteiger partial charge in [-0.1, -0.05) is 60.7 Å². The van der Waals surface area contributed by atoms with E-state index in [1.165, 1.54) is 11.1 Å². The normalized spacial score (nSPS) is 17.2. The molecule has 1 atom stereocenters. The summed E-state index contributed by atoms with van der Waals surface area (Å²) in [6, 6.07) is 21.1. The summed E-state index contributed by atoms with van der Waals surface area (Å²) in [4.78, 5) is 38.0. The van der Waals surface area contributed by atoms with Crippen LogP contribution in [0.1, 0.15) is 78.4 Å². The first-order valence-electron chi connectivity index (χ1n) is 15.9. The first-order chi connectivity index (χ1) is 21.2. The molecule has 1 amide bonds. The Balaban J connectivity index is 0.000000378. The molecular formula is C35H56ClN5O5. The minimum atomic E-state index is -0.475. The Morgan fingerprint density at radius 3 is 1.83 bits per heavy atom. The van der Waals surface area contributed by atoms with E-state index >= 15 is 0 Å². The maximum absolute atomic E-state index is 11.7. The third-order valence-electron chi connectivity index (χ3n) is 6.70. The number of nitrogens with one attached hydrogen (secondary N) is 2. The van der Waals surface area contributed by atoms with Crippen LogP contribution in [0, 0.1) is 0 Å². The molecule has 10 nitrogen and oxygen atoms in total. The van der Waals surface area contributed by atoms with Crippen LogP contribution in [0.2, 0.25) is 0 Å². The molecule has 46 heavy (non-hydrogen) atoms. The molecule has 2 heterocycles. The van der Waals surface area contributed by atoms with Gasteiger partial charge in [-0.15, -0.1) is 12.4 Å². The number of likely N-dealkylation sites (tertiary alicyclic amines) is 2. The number of hydrogen-bond donors (Lipinski definition) is 3. The molecule has 1 unspecified atom stereocenters. The van der Waals surface area contributed by atoms with E-state index in [0.717, 1.165) is 58.4 Å². The number of carbonyl (C=O) groups excluding carboxylic acids is 3. The van der Waals surface area contributed by atoms with Crippen molar-refractivity contribution in [2.75, 3.05) is 32.7 Å². The summed E-state index contributed by atoms with van der Waals surface area (Å²) >= 11 is 0. The van der Waals surface area contributed by atoms with Gasteiger partial charge in [-0.05, 0) is 85.0 Å². The first-order valence-corrected chi connectivity index (χ1v) is 15.9. The Bertz CT molecular complexity index is 1160. The Kier molecular flexibility index (Phi) is 18.7. The van der Waals surface area contributed by atoms with Gasteiger partial charge in [-0.3, -0.25) is 24.8 Å². The van der Waals surface area contributed by atoms with Crippen LogP contribution in [-0.4, -0.2) is 77.6 Å². The Labute approximate surface area is 282 Å². The molecule has 0 aliphatic carbocycles. The Morgan fingerprint density at radius 2 is 1.35 bits per heavy atom. The minimum absolute atomic E-state index is 0. The van der Waals surface area contributed by atoms with Gasteiger partial charge in [0.25, 0.3) is 0 Å². The summed E-state index contributed by atoms with van der Waals surface area (Å²) in [5.41, 5.74) is 12.5.